The van der Waals surface area contributed by atoms with Crippen molar-refractivity contribution in [3.63, 3.8) is 0 Å². The van der Waals surface area contributed by atoms with E-state index in [9.17, 15) is 9.59 Å². The van der Waals surface area contributed by atoms with Crippen LogP contribution in [0.4, 0.5) is 0 Å². The lowest BCUT2D eigenvalue weighted by Crippen LogP contribution is -2.19. The summed E-state index contributed by atoms with van der Waals surface area (Å²) in [6, 6.07) is 22.4. The average molecular weight is 399 g/mol. The van der Waals surface area contributed by atoms with Crippen LogP contribution in [0.25, 0.3) is 22.4 Å². The van der Waals surface area contributed by atoms with Gasteiger partial charge in [-0.1, -0.05) is 50.2 Å². The minimum absolute atomic E-state index is 0.207. The second-order valence-electron chi connectivity index (χ2n) is 7.60. The zero-order valence-electron chi connectivity index (χ0n) is 17.0. The molecule has 4 rings (SSSR count). The lowest BCUT2D eigenvalue weighted by molar-refractivity contribution is 0.0600. The summed E-state index contributed by atoms with van der Waals surface area (Å²) >= 11 is 0. The maximum Gasteiger partial charge on any atom is 0.347 e. The number of nitrogens with zero attached hydrogens (tertiary/aromatic N) is 1. The number of hydrogen-bond donors (Lipinski definition) is 0. The molecule has 0 amide bonds. The molecule has 0 N–H and O–H groups in total. The number of hydrogen-bond acceptors (Lipinski definition) is 5. The van der Waals surface area contributed by atoms with Gasteiger partial charge in [0.15, 0.2) is 0 Å². The molecule has 5 nitrogen and oxygen atoms in total. The van der Waals surface area contributed by atoms with Crippen molar-refractivity contribution in [3.8, 4) is 11.5 Å². The van der Waals surface area contributed by atoms with Crippen LogP contribution in [0.15, 0.2) is 82.0 Å². The van der Waals surface area contributed by atoms with Gasteiger partial charge in [-0.2, -0.15) is 0 Å². The van der Waals surface area contributed by atoms with E-state index < -0.39 is 11.6 Å². The van der Waals surface area contributed by atoms with Crippen LogP contribution >= 0.6 is 0 Å². The number of rotatable bonds is 4. The fourth-order valence-corrected chi connectivity index (χ4v) is 3.47. The molecular formula is C25H21NO4. The highest BCUT2D eigenvalue weighted by molar-refractivity contribution is 5.89. The van der Waals surface area contributed by atoms with Crippen LogP contribution in [-0.2, 0) is 10.2 Å². The van der Waals surface area contributed by atoms with Crippen molar-refractivity contribution in [2.24, 2.45) is 0 Å². The third-order valence-electron chi connectivity index (χ3n) is 5.40. The van der Waals surface area contributed by atoms with Gasteiger partial charge in [-0.25, -0.2) is 14.6 Å². The molecule has 4 aromatic rings. The zero-order valence-corrected chi connectivity index (χ0v) is 17.0. The molecule has 1 heterocycles. The molecule has 0 aliphatic carbocycles. The lowest BCUT2D eigenvalue weighted by atomic mass is 9.78. The molecule has 0 fully saturated rings. The van der Waals surface area contributed by atoms with Gasteiger partial charge in [-0.05, 0) is 47.5 Å². The van der Waals surface area contributed by atoms with Crippen LogP contribution in [0.3, 0.4) is 0 Å². The molecule has 0 unspecified atom stereocenters. The fraction of sp³-hybridized carbons (Fsp3) is 0.160. The molecule has 0 saturated carbocycles. The Morgan fingerprint density at radius 3 is 2.30 bits per heavy atom. The summed E-state index contributed by atoms with van der Waals surface area (Å²) in [6.07, 6.45) is 0. The van der Waals surface area contributed by atoms with Crippen molar-refractivity contribution in [2.45, 2.75) is 19.3 Å². The highest BCUT2D eigenvalue weighted by Gasteiger charge is 2.24. The minimum atomic E-state index is -0.447. The average Bonchev–Trinajstić information content (AvgIpc) is 2.79. The second-order valence-corrected chi connectivity index (χ2v) is 7.60. The van der Waals surface area contributed by atoms with Crippen molar-refractivity contribution in [3.05, 3.63) is 99.9 Å². The van der Waals surface area contributed by atoms with Gasteiger partial charge in [0.2, 0.25) is 5.89 Å². The first kappa shape index (κ1) is 19.6. The zero-order chi connectivity index (χ0) is 21.3. The molecule has 0 aliphatic rings. The topological polar surface area (TPSA) is 69.4 Å². The van der Waals surface area contributed by atoms with E-state index in [1.54, 1.807) is 24.3 Å². The minimum Gasteiger partial charge on any atom is -0.465 e. The van der Waals surface area contributed by atoms with Crippen LogP contribution < -0.4 is 5.63 Å². The Morgan fingerprint density at radius 2 is 1.63 bits per heavy atom. The third kappa shape index (κ3) is 3.50. The van der Waals surface area contributed by atoms with E-state index in [4.69, 9.17) is 9.15 Å². The summed E-state index contributed by atoms with van der Waals surface area (Å²) in [7, 11) is 1.33. The Kier molecular flexibility index (Phi) is 4.96. The van der Waals surface area contributed by atoms with E-state index in [0.29, 0.717) is 22.0 Å². The number of aromatic nitrogens is 1. The third-order valence-corrected chi connectivity index (χ3v) is 5.40. The van der Waals surface area contributed by atoms with Crippen LogP contribution in [0.2, 0.25) is 0 Å². The number of carbonyl (C=O) groups is 1. The van der Waals surface area contributed by atoms with Gasteiger partial charge >= 0.3 is 11.6 Å². The molecule has 1 aromatic heterocycles. The van der Waals surface area contributed by atoms with Crippen LogP contribution in [-0.4, -0.2) is 18.1 Å². The summed E-state index contributed by atoms with van der Waals surface area (Å²) in [5.41, 5.74) is 3.02. The summed E-state index contributed by atoms with van der Waals surface area (Å²) in [5.74, 6) is -0.220. The highest BCUT2D eigenvalue weighted by atomic mass is 16.5. The number of methoxy groups -OCH3 is 1. The Bertz CT molecular complexity index is 1270. The molecule has 0 aliphatic heterocycles. The summed E-state index contributed by atoms with van der Waals surface area (Å²) in [4.78, 5) is 28.8. The van der Waals surface area contributed by atoms with Gasteiger partial charge in [0, 0.05) is 11.0 Å². The Balaban J connectivity index is 1.75. The molecule has 0 bridgehead atoms. The van der Waals surface area contributed by atoms with Gasteiger partial charge in [-0.15, -0.1) is 0 Å². The standard InChI is InChI=1S/C25H21NO4/c1-25(2,18-7-5-4-6-8-18)19-13-14-21-20(15-19)24(28)30-22(26-21)16-9-11-17(12-10-16)23(27)29-3/h4-15H,1-3H3. The molecular weight excluding hydrogens is 378 g/mol. The number of esters is 1. The summed E-state index contributed by atoms with van der Waals surface area (Å²) < 4.78 is 10.2. The number of ether oxygens (including phenoxy) is 1. The van der Waals surface area contributed by atoms with Crippen LogP contribution in [0.5, 0.6) is 0 Å². The molecule has 150 valence electrons. The lowest BCUT2D eigenvalue weighted by Gasteiger charge is -2.26. The second kappa shape index (κ2) is 7.59. The molecule has 0 spiro atoms. The SMILES string of the molecule is COC(=O)c1ccc(-c2nc3ccc(C(C)(C)c4ccccc4)cc3c(=O)o2)cc1. The van der Waals surface area contributed by atoms with Crippen molar-refractivity contribution in [1.82, 2.24) is 4.98 Å². The Morgan fingerprint density at radius 1 is 0.933 bits per heavy atom. The number of benzene rings is 3. The van der Waals surface area contributed by atoms with Gasteiger partial charge in [0.25, 0.3) is 0 Å². The summed E-state index contributed by atoms with van der Waals surface area (Å²) in [6.45, 7) is 4.24. The van der Waals surface area contributed by atoms with E-state index in [2.05, 4.69) is 31.0 Å². The van der Waals surface area contributed by atoms with Crippen molar-refractivity contribution in [1.29, 1.82) is 0 Å². The maximum atomic E-state index is 12.7. The quantitative estimate of drug-likeness (QED) is 0.453. The van der Waals surface area contributed by atoms with E-state index in [1.165, 1.54) is 7.11 Å². The molecule has 0 atom stereocenters. The van der Waals surface area contributed by atoms with E-state index in [1.807, 2.05) is 36.4 Å². The first-order valence-corrected chi connectivity index (χ1v) is 9.60. The number of fused-ring (bicyclic) bond motifs is 1. The van der Waals surface area contributed by atoms with Crippen molar-refractivity contribution in [2.75, 3.05) is 7.11 Å². The first-order valence-electron chi connectivity index (χ1n) is 9.60. The largest absolute Gasteiger partial charge is 0.465 e. The Hall–Kier alpha value is -3.73. The van der Waals surface area contributed by atoms with Crippen molar-refractivity contribution >= 4 is 16.9 Å². The molecule has 5 heteroatoms. The molecule has 30 heavy (non-hydrogen) atoms. The van der Waals surface area contributed by atoms with E-state index in [0.717, 1.165) is 11.1 Å². The predicted molar refractivity (Wildman–Crippen MR) is 116 cm³/mol. The van der Waals surface area contributed by atoms with Crippen molar-refractivity contribution < 1.29 is 13.9 Å². The van der Waals surface area contributed by atoms with Gasteiger partial charge in [-0.3, -0.25) is 0 Å². The molecule has 0 saturated heterocycles. The smallest absolute Gasteiger partial charge is 0.347 e. The van der Waals surface area contributed by atoms with Gasteiger partial charge in [0.05, 0.1) is 23.6 Å². The van der Waals surface area contributed by atoms with Gasteiger partial charge < -0.3 is 9.15 Å². The molecule has 3 aromatic carbocycles. The Labute approximate surface area is 174 Å². The van der Waals surface area contributed by atoms with Crippen LogP contribution in [0, 0.1) is 0 Å². The predicted octanol–water partition coefficient (Wildman–Crippen LogP) is 4.97. The highest BCUT2D eigenvalue weighted by Crippen LogP contribution is 2.32. The molecule has 0 radical (unpaired) electrons. The van der Waals surface area contributed by atoms with E-state index in [-0.39, 0.29) is 11.3 Å². The number of carbonyl (C=O) groups excluding carboxylic acids is 1. The summed E-state index contributed by atoms with van der Waals surface area (Å²) in [5, 5.41) is 0.437. The van der Waals surface area contributed by atoms with E-state index >= 15 is 0 Å². The normalized spacial score (nSPS) is 11.4. The van der Waals surface area contributed by atoms with Gasteiger partial charge in [0.1, 0.15) is 0 Å². The first-order chi connectivity index (χ1) is 14.4. The fourth-order valence-electron chi connectivity index (χ4n) is 3.47. The monoisotopic (exact) mass is 399 g/mol. The maximum absolute atomic E-state index is 12.7. The van der Waals surface area contributed by atoms with Crippen LogP contribution in [0.1, 0.15) is 35.3 Å².